The van der Waals surface area contributed by atoms with Crippen molar-refractivity contribution in [1.29, 1.82) is 0 Å². The molecule has 1 saturated carbocycles. The smallest absolute Gasteiger partial charge is 0.334 e. The van der Waals surface area contributed by atoms with Crippen LogP contribution in [0.5, 0.6) is 0 Å². The topological polar surface area (TPSA) is 80.1 Å². The summed E-state index contributed by atoms with van der Waals surface area (Å²) >= 11 is 6.66. The van der Waals surface area contributed by atoms with Gasteiger partial charge in [0.2, 0.25) is 5.91 Å². The molecule has 0 bridgehead atoms. The Morgan fingerprint density at radius 1 is 1.02 bits per heavy atom. The fraction of sp³-hybridized carbons (Fsp3) is 0.333. The first-order valence-electron chi connectivity index (χ1n) is 13.5. The number of alkyl halides is 3. The summed E-state index contributed by atoms with van der Waals surface area (Å²) in [4.78, 5) is 32.4. The molecule has 2 aliphatic rings. The number of imide groups is 1. The van der Waals surface area contributed by atoms with E-state index >= 15 is 0 Å². The molecular formula is C30H27ClF3N5O2. The van der Waals surface area contributed by atoms with Gasteiger partial charge in [0.25, 0.3) is 0 Å². The first kappa shape index (κ1) is 27.3. The van der Waals surface area contributed by atoms with Gasteiger partial charge in [0.1, 0.15) is 0 Å². The van der Waals surface area contributed by atoms with Crippen LogP contribution in [-0.2, 0) is 11.0 Å². The number of carbonyl (C=O) groups excluding carboxylic acids is 2. The number of amides is 3. The van der Waals surface area contributed by atoms with Gasteiger partial charge >= 0.3 is 12.2 Å². The van der Waals surface area contributed by atoms with Gasteiger partial charge in [0.05, 0.1) is 17.8 Å². The van der Waals surface area contributed by atoms with E-state index in [4.69, 9.17) is 11.6 Å². The number of rotatable bonds is 4. The number of halogens is 4. The molecule has 1 saturated heterocycles. The molecule has 6 rings (SSSR count). The monoisotopic (exact) mass is 581 g/mol. The molecule has 212 valence electrons. The number of nitrogens with zero attached hydrogens (tertiary/aromatic N) is 4. The van der Waals surface area contributed by atoms with Crippen LogP contribution in [0.3, 0.4) is 0 Å². The Morgan fingerprint density at radius 3 is 2.56 bits per heavy atom. The normalized spacial score (nSPS) is 21.3. The Morgan fingerprint density at radius 2 is 1.80 bits per heavy atom. The molecule has 0 radical (unpaired) electrons. The van der Waals surface area contributed by atoms with Crippen molar-refractivity contribution in [3.8, 4) is 11.1 Å². The summed E-state index contributed by atoms with van der Waals surface area (Å²) in [5.74, 6) is -1.07. The standard InChI is InChI=1S/C30H27ClF3N5O2/c1-16(2)38-15-22(27(37-38)30(32,33)34)20-8-5-9-23(31)26(20)17-10-11-21-24(12-17)36-29(41)39(28(21)40)25-14-35-13-18-6-3-4-7-19(18)25/h3-9,13-17,21,24H,10-12H2,1-2H3,(H,36,41). The number of nitrogens with one attached hydrogen (secondary N) is 1. The average molecular weight is 582 g/mol. The van der Waals surface area contributed by atoms with Gasteiger partial charge in [-0.3, -0.25) is 14.5 Å². The van der Waals surface area contributed by atoms with E-state index in [-0.39, 0.29) is 23.4 Å². The van der Waals surface area contributed by atoms with Crippen molar-refractivity contribution in [2.75, 3.05) is 4.90 Å². The summed E-state index contributed by atoms with van der Waals surface area (Å²) in [6.07, 6.45) is 1.26. The van der Waals surface area contributed by atoms with Gasteiger partial charge in [0.15, 0.2) is 5.69 Å². The number of carbonyl (C=O) groups is 2. The second-order valence-electron chi connectivity index (χ2n) is 10.9. The lowest BCUT2D eigenvalue weighted by atomic mass is 9.72. The third-order valence-corrected chi connectivity index (χ3v) is 8.40. The van der Waals surface area contributed by atoms with Crippen molar-refractivity contribution < 1.29 is 22.8 Å². The minimum atomic E-state index is -4.66. The first-order valence-corrected chi connectivity index (χ1v) is 13.8. The Kier molecular flexibility index (Phi) is 6.76. The molecule has 11 heteroatoms. The summed E-state index contributed by atoms with van der Waals surface area (Å²) in [5.41, 5.74) is 0.343. The Balaban J connectivity index is 1.33. The van der Waals surface area contributed by atoms with E-state index in [1.807, 2.05) is 24.3 Å². The SMILES string of the molecule is CC(C)n1cc(-c2cccc(Cl)c2C2CCC3C(=O)N(c4cncc5ccccc45)C(=O)NC3C2)c(C(F)(F)F)n1. The van der Waals surface area contributed by atoms with Crippen molar-refractivity contribution in [2.45, 2.75) is 57.3 Å². The van der Waals surface area contributed by atoms with Crippen LogP contribution in [0.2, 0.25) is 5.02 Å². The molecule has 41 heavy (non-hydrogen) atoms. The number of pyridine rings is 1. The second-order valence-corrected chi connectivity index (χ2v) is 11.3. The highest BCUT2D eigenvalue weighted by Crippen LogP contribution is 2.47. The molecular weight excluding hydrogens is 555 g/mol. The van der Waals surface area contributed by atoms with E-state index in [2.05, 4.69) is 15.4 Å². The van der Waals surface area contributed by atoms with Gasteiger partial charge < -0.3 is 5.32 Å². The molecule has 2 aromatic heterocycles. The van der Waals surface area contributed by atoms with E-state index in [0.717, 1.165) is 15.7 Å². The highest BCUT2D eigenvalue weighted by Gasteiger charge is 2.46. The zero-order chi connectivity index (χ0) is 29.1. The zero-order valence-corrected chi connectivity index (χ0v) is 23.1. The fourth-order valence-corrected chi connectivity index (χ4v) is 6.46. The molecule has 2 aromatic carbocycles. The van der Waals surface area contributed by atoms with Crippen molar-refractivity contribution in [1.82, 2.24) is 20.1 Å². The van der Waals surface area contributed by atoms with Crippen molar-refractivity contribution in [2.24, 2.45) is 5.92 Å². The van der Waals surface area contributed by atoms with E-state index in [1.54, 1.807) is 38.2 Å². The van der Waals surface area contributed by atoms with Crippen LogP contribution in [0, 0.1) is 5.92 Å². The second kappa shape index (κ2) is 10.2. The predicted molar refractivity (Wildman–Crippen MR) is 150 cm³/mol. The number of benzene rings is 2. The number of anilines is 1. The maximum absolute atomic E-state index is 14.1. The van der Waals surface area contributed by atoms with Gasteiger partial charge in [0, 0.05) is 45.8 Å². The molecule has 3 unspecified atom stereocenters. The molecule has 3 heterocycles. The van der Waals surface area contributed by atoms with Crippen molar-refractivity contribution >= 4 is 40.0 Å². The van der Waals surface area contributed by atoms with Gasteiger partial charge in [-0.1, -0.05) is 48.0 Å². The van der Waals surface area contributed by atoms with Gasteiger partial charge in [-0.25, -0.2) is 9.69 Å². The number of urea groups is 1. The largest absolute Gasteiger partial charge is 0.435 e. The van der Waals surface area contributed by atoms with Crippen molar-refractivity contribution in [3.05, 3.63) is 77.3 Å². The molecule has 1 N–H and O–H groups in total. The predicted octanol–water partition coefficient (Wildman–Crippen LogP) is 7.36. The van der Waals surface area contributed by atoms with Gasteiger partial charge in [-0.2, -0.15) is 18.3 Å². The van der Waals surface area contributed by atoms with Gasteiger partial charge in [-0.15, -0.1) is 0 Å². The Bertz CT molecular complexity index is 1660. The van der Waals surface area contributed by atoms with E-state index in [1.165, 1.54) is 17.1 Å². The summed E-state index contributed by atoms with van der Waals surface area (Å²) in [6, 6.07) is 11.0. The summed E-state index contributed by atoms with van der Waals surface area (Å²) in [7, 11) is 0. The van der Waals surface area contributed by atoms with E-state index in [0.29, 0.717) is 41.1 Å². The zero-order valence-electron chi connectivity index (χ0n) is 22.3. The lowest BCUT2D eigenvalue weighted by Crippen LogP contribution is -2.61. The number of fused-ring (bicyclic) bond motifs is 2. The van der Waals surface area contributed by atoms with Crippen LogP contribution in [0.1, 0.15) is 56.3 Å². The summed E-state index contributed by atoms with van der Waals surface area (Å²) in [6.45, 7) is 3.52. The molecule has 0 spiro atoms. The van der Waals surface area contributed by atoms with Crippen LogP contribution in [-0.4, -0.2) is 32.7 Å². The summed E-state index contributed by atoms with van der Waals surface area (Å²) in [5, 5.41) is 8.73. The summed E-state index contributed by atoms with van der Waals surface area (Å²) < 4.78 is 43.5. The fourth-order valence-electron chi connectivity index (χ4n) is 6.13. The molecule has 3 amide bonds. The van der Waals surface area contributed by atoms with Crippen molar-refractivity contribution in [3.63, 3.8) is 0 Å². The van der Waals surface area contributed by atoms with Crippen LogP contribution >= 0.6 is 11.6 Å². The first-order chi connectivity index (χ1) is 19.5. The lowest BCUT2D eigenvalue weighted by molar-refractivity contribution is -0.141. The minimum absolute atomic E-state index is 0.0378. The van der Waals surface area contributed by atoms with E-state index in [9.17, 15) is 22.8 Å². The van der Waals surface area contributed by atoms with Crippen LogP contribution < -0.4 is 10.2 Å². The third kappa shape index (κ3) is 4.73. The molecule has 1 aliphatic heterocycles. The maximum atomic E-state index is 14.1. The Hall–Kier alpha value is -3.92. The lowest BCUT2D eigenvalue weighted by Gasteiger charge is -2.43. The molecule has 2 fully saturated rings. The molecule has 7 nitrogen and oxygen atoms in total. The number of hydrogen-bond donors (Lipinski definition) is 1. The molecule has 4 aromatic rings. The average Bonchev–Trinajstić information content (AvgIpc) is 3.40. The molecule has 1 aliphatic carbocycles. The minimum Gasteiger partial charge on any atom is -0.334 e. The Labute approximate surface area is 239 Å². The maximum Gasteiger partial charge on any atom is 0.435 e. The number of aromatic nitrogens is 3. The quantitative estimate of drug-likeness (QED) is 0.273. The number of hydrogen-bond acceptors (Lipinski definition) is 4. The highest BCUT2D eigenvalue weighted by atomic mass is 35.5. The van der Waals surface area contributed by atoms with E-state index < -0.39 is 29.9 Å². The van der Waals surface area contributed by atoms with Gasteiger partial charge in [-0.05, 0) is 56.2 Å². The van der Waals surface area contributed by atoms with Crippen LogP contribution in [0.25, 0.3) is 21.9 Å². The molecule has 3 atom stereocenters. The van der Waals surface area contributed by atoms with Crippen LogP contribution in [0.4, 0.5) is 23.7 Å². The third-order valence-electron chi connectivity index (χ3n) is 8.07. The van der Waals surface area contributed by atoms with Crippen LogP contribution in [0.15, 0.2) is 61.1 Å². The highest BCUT2D eigenvalue weighted by molar-refractivity contribution is 6.32.